The maximum Gasteiger partial charge on any atom is 0.264 e. The standard InChI is InChI=1S/C21H22N4OS2/c1-23(14-15-7-3-4-8-16(15)24-9-5-2-6-10-24)20(26)18-13-17-19(28-18)22-21-25(17)11-12-27-21/h3-4,7-8,11-13H,2,5-6,9-10,14H2,1H3. The highest BCUT2D eigenvalue weighted by atomic mass is 32.1. The maximum absolute atomic E-state index is 13.1. The van der Waals surface area contributed by atoms with Crippen molar-refractivity contribution in [2.45, 2.75) is 25.8 Å². The van der Waals surface area contributed by atoms with Crippen LogP contribution in [0.25, 0.3) is 15.3 Å². The molecule has 0 spiro atoms. The molecule has 28 heavy (non-hydrogen) atoms. The van der Waals surface area contributed by atoms with E-state index in [1.165, 1.54) is 41.9 Å². The topological polar surface area (TPSA) is 40.8 Å². The minimum Gasteiger partial charge on any atom is -0.371 e. The van der Waals surface area contributed by atoms with Gasteiger partial charge in [-0.3, -0.25) is 9.20 Å². The lowest BCUT2D eigenvalue weighted by Crippen LogP contribution is -2.32. The van der Waals surface area contributed by atoms with E-state index >= 15 is 0 Å². The van der Waals surface area contributed by atoms with Crippen LogP contribution in [0.4, 0.5) is 5.69 Å². The van der Waals surface area contributed by atoms with Gasteiger partial charge in [-0.25, -0.2) is 4.98 Å². The normalized spacial score (nSPS) is 14.8. The van der Waals surface area contributed by atoms with Crippen LogP contribution >= 0.6 is 22.7 Å². The molecule has 5 nitrogen and oxygen atoms in total. The molecule has 1 aliphatic rings. The SMILES string of the molecule is CN(Cc1ccccc1N1CCCCC1)C(=O)c1cc2c(nc3sccn32)s1. The monoisotopic (exact) mass is 410 g/mol. The van der Waals surface area contributed by atoms with Crippen LogP contribution in [0.2, 0.25) is 0 Å². The van der Waals surface area contributed by atoms with E-state index in [0.29, 0.717) is 6.54 Å². The van der Waals surface area contributed by atoms with Crippen molar-refractivity contribution in [2.75, 3.05) is 25.0 Å². The molecular weight excluding hydrogens is 388 g/mol. The van der Waals surface area contributed by atoms with Gasteiger partial charge in [-0.05, 0) is 37.0 Å². The van der Waals surface area contributed by atoms with E-state index in [4.69, 9.17) is 0 Å². The van der Waals surface area contributed by atoms with Crippen molar-refractivity contribution >= 4 is 49.6 Å². The Bertz CT molecular complexity index is 1140. The Morgan fingerprint density at radius 1 is 1.21 bits per heavy atom. The number of rotatable bonds is 4. The van der Waals surface area contributed by atoms with Crippen molar-refractivity contribution in [3.63, 3.8) is 0 Å². The summed E-state index contributed by atoms with van der Waals surface area (Å²) in [6.45, 7) is 2.82. The van der Waals surface area contributed by atoms with Crippen LogP contribution in [0.3, 0.4) is 0 Å². The van der Waals surface area contributed by atoms with Crippen LogP contribution < -0.4 is 4.90 Å². The molecule has 1 fully saturated rings. The minimum absolute atomic E-state index is 0.0560. The fraction of sp³-hybridized carbons (Fsp3) is 0.333. The number of imidazole rings is 1. The maximum atomic E-state index is 13.1. The third kappa shape index (κ3) is 3.08. The summed E-state index contributed by atoms with van der Waals surface area (Å²) in [6.07, 6.45) is 5.81. The lowest BCUT2D eigenvalue weighted by Gasteiger charge is -2.31. The number of thiazole rings is 1. The summed E-state index contributed by atoms with van der Waals surface area (Å²) in [6, 6.07) is 10.5. The minimum atomic E-state index is 0.0560. The summed E-state index contributed by atoms with van der Waals surface area (Å²) >= 11 is 3.09. The molecule has 0 bridgehead atoms. The van der Waals surface area contributed by atoms with Gasteiger partial charge in [0, 0.05) is 43.9 Å². The van der Waals surface area contributed by atoms with Crippen molar-refractivity contribution < 1.29 is 4.79 Å². The number of carbonyl (C=O) groups excluding carboxylic acids is 1. The van der Waals surface area contributed by atoms with Gasteiger partial charge in [0.15, 0.2) is 4.96 Å². The van der Waals surface area contributed by atoms with Gasteiger partial charge in [-0.15, -0.1) is 22.7 Å². The number of thiophene rings is 1. The van der Waals surface area contributed by atoms with Crippen molar-refractivity contribution in [2.24, 2.45) is 0 Å². The zero-order valence-corrected chi connectivity index (χ0v) is 17.4. The highest BCUT2D eigenvalue weighted by molar-refractivity contribution is 7.21. The lowest BCUT2D eigenvalue weighted by molar-refractivity contribution is 0.0790. The fourth-order valence-electron chi connectivity index (χ4n) is 3.96. The highest BCUT2D eigenvalue weighted by Gasteiger charge is 2.20. The largest absolute Gasteiger partial charge is 0.371 e. The van der Waals surface area contributed by atoms with Crippen molar-refractivity contribution in [1.29, 1.82) is 0 Å². The van der Waals surface area contributed by atoms with Crippen molar-refractivity contribution in [1.82, 2.24) is 14.3 Å². The second-order valence-electron chi connectivity index (χ2n) is 7.31. The number of hydrogen-bond acceptors (Lipinski definition) is 5. The van der Waals surface area contributed by atoms with E-state index in [1.807, 2.05) is 29.6 Å². The van der Waals surface area contributed by atoms with Crippen LogP contribution in [-0.2, 0) is 6.54 Å². The van der Waals surface area contributed by atoms with Crippen LogP contribution in [0.5, 0.6) is 0 Å². The molecule has 144 valence electrons. The summed E-state index contributed by atoms with van der Waals surface area (Å²) in [5.41, 5.74) is 3.50. The Balaban J connectivity index is 1.38. The van der Waals surface area contributed by atoms with Crippen LogP contribution in [0, 0.1) is 0 Å². The zero-order valence-electron chi connectivity index (χ0n) is 15.8. The first kappa shape index (κ1) is 17.7. The average Bonchev–Trinajstić information content (AvgIpc) is 3.41. The number of piperidine rings is 1. The van der Waals surface area contributed by atoms with E-state index in [9.17, 15) is 4.79 Å². The molecule has 0 radical (unpaired) electrons. The number of benzene rings is 1. The Morgan fingerprint density at radius 3 is 2.89 bits per heavy atom. The quantitative estimate of drug-likeness (QED) is 0.482. The number of fused-ring (bicyclic) bond motifs is 3. The predicted molar refractivity (Wildman–Crippen MR) is 117 cm³/mol. The van der Waals surface area contributed by atoms with E-state index in [-0.39, 0.29) is 5.91 Å². The molecule has 1 aliphatic heterocycles. The van der Waals surface area contributed by atoms with Crippen molar-refractivity contribution in [3.8, 4) is 0 Å². The van der Waals surface area contributed by atoms with Gasteiger partial charge in [0.1, 0.15) is 4.83 Å². The second-order valence-corrected chi connectivity index (χ2v) is 9.21. The molecule has 0 aliphatic carbocycles. The summed E-state index contributed by atoms with van der Waals surface area (Å²) < 4.78 is 2.05. The molecule has 4 heterocycles. The third-order valence-electron chi connectivity index (χ3n) is 5.39. The average molecular weight is 411 g/mol. The first-order valence-corrected chi connectivity index (χ1v) is 11.3. The Kier molecular flexibility index (Phi) is 4.56. The molecule has 1 amide bonds. The molecule has 0 atom stereocenters. The summed E-state index contributed by atoms with van der Waals surface area (Å²) in [5.74, 6) is 0.0560. The zero-order chi connectivity index (χ0) is 19.1. The van der Waals surface area contributed by atoms with E-state index in [2.05, 4.69) is 38.6 Å². The highest BCUT2D eigenvalue weighted by Crippen LogP contribution is 2.30. The van der Waals surface area contributed by atoms with Gasteiger partial charge in [0.25, 0.3) is 5.91 Å². The lowest BCUT2D eigenvalue weighted by atomic mass is 10.1. The molecule has 5 rings (SSSR count). The molecular formula is C21H22N4OS2. The van der Waals surface area contributed by atoms with Gasteiger partial charge < -0.3 is 9.80 Å². The number of hydrogen-bond donors (Lipinski definition) is 0. The van der Waals surface area contributed by atoms with E-state index < -0.39 is 0 Å². The van der Waals surface area contributed by atoms with Gasteiger partial charge in [0.2, 0.25) is 0 Å². The second kappa shape index (κ2) is 7.22. The molecule has 3 aromatic heterocycles. The van der Waals surface area contributed by atoms with E-state index in [0.717, 1.165) is 33.3 Å². The fourth-order valence-corrected chi connectivity index (χ4v) is 5.75. The number of aromatic nitrogens is 2. The van der Waals surface area contributed by atoms with Gasteiger partial charge in [-0.2, -0.15) is 0 Å². The third-order valence-corrected chi connectivity index (χ3v) is 7.16. The predicted octanol–water partition coefficient (Wildman–Crippen LogP) is 4.87. The number of nitrogens with zero attached hydrogens (tertiary/aromatic N) is 4. The Labute approximate surface area is 171 Å². The molecule has 0 saturated carbocycles. The number of amides is 1. The molecule has 4 aromatic rings. The number of anilines is 1. The Hall–Kier alpha value is -2.38. The summed E-state index contributed by atoms with van der Waals surface area (Å²) in [5, 5.41) is 2.02. The molecule has 7 heteroatoms. The van der Waals surface area contributed by atoms with Gasteiger partial charge in [-0.1, -0.05) is 18.2 Å². The first-order chi connectivity index (χ1) is 13.7. The van der Waals surface area contributed by atoms with Crippen LogP contribution in [0.15, 0.2) is 41.9 Å². The molecule has 1 aromatic carbocycles. The van der Waals surface area contributed by atoms with Crippen LogP contribution in [0.1, 0.15) is 34.5 Å². The summed E-state index contributed by atoms with van der Waals surface area (Å²) in [4.78, 5) is 24.6. The smallest absolute Gasteiger partial charge is 0.264 e. The summed E-state index contributed by atoms with van der Waals surface area (Å²) in [7, 11) is 1.89. The van der Waals surface area contributed by atoms with Crippen molar-refractivity contribution in [3.05, 3.63) is 52.3 Å². The Morgan fingerprint density at radius 2 is 2.04 bits per heavy atom. The molecule has 1 saturated heterocycles. The molecule has 0 unspecified atom stereocenters. The van der Waals surface area contributed by atoms with Gasteiger partial charge in [0.05, 0.1) is 10.4 Å². The first-order valence-electron chi connectivity index (χ1n) is 9.64. The number of carbonyl (C=O) groups is 1. The van der Waals surface area contributed by atoms with Gasteiger partial charge >= 0.3 is 0 Å². The number of para-hydroxylation sites is 1. The van der Waals surface area contributed by atoms with Crippen LogP contribution in [-0.4, -0.2) is 40.3 Å². The van der Waals surface area contributed by atoms with E-state index in [1.54, 1.807) is 11.3 Å². The molecule has 0 N–H and O–H groups in total.